The summed E-state index contributed by atoms with van der Waals surface area (Å²) in [7, 11) is 0. The lowest BCUT2D eigenvalue weighted by Crippen LogP contribution is -2.32. The molecule has 0 radical (unpaired) electrons. The Morgan fingerprint density at radius 2 is 2.00 bits per heavy atom. The van der Waals surface area contributed by atoms with E-state index < -0.39 is 0 Å². The smallest absolute Gasteiger partial charge is 0.254 e. The molecule has 21 heavy (non-hydrogen) atoms. The Balaban J connectivity index is 1.76. The molecule has 0 aliphatic heterocycles. The summed E-state index contributed by atoms with van der Waals surface area (Å²) in [5, 5.41) is 8.21. The van der Waals surface area contributed by atoms with E-state index in [0.717, 1.165) is 30.4 Å². The average Bonchev–Trinajstić information content (AvgIpc) is 2.97. The summed E-state index contributed by atoms with van der Waals surface area (Å²) in [6.07, 6.45) is 11.6. The quantitative estimate of drug-likeness (QED) is 0.921. The SMILES string of the molecule is C[C@@H]1CCCC[C@H]1Nc1c2c(nc3ncnn13)CCCC2. The Morgan fingerprint density at radius 3 is 2.90 bits per heavy atom. The third-order valence-electron chi connectivity index (χ3n) is 5.13. The molecule has 2 aliphatic carbocycles. The van der Waals surface area contributed by atoms with Gasteiger partial charge in [0, 0.05) is 11.6 Å². The van der Waals surface area contributed by atoms with Gasteiger partial charge >= 0.3 is 0 Å². The largest absolute Gasteiger partial charge is 0.367 e. The second-order valence-corrected chi connectivity index (χ2v) is 6.58. The van der Waals surface area contributed by atoms with Gasteiger partial charge < -0.3 is 5.32 Å². The van der Waals surface area contributed by atoms with Gasteiger partial charge in [-0.05, 0) is 44.4 Å². The topological polar surface area (TPSA) is 55.1 Å². The zero-order chi connectivity index (χ0) is 14.2. The zero-order valence-corrected chi connectivity index (χ0v) is 12.7. The maximum Gasteiger partial charge on any atom is 0.254 e. The average molecular weight is 285 g/mol. The lowest BCUT2D eigenvalue weighted by molar-refractivity contribution is 0.348. The molecule has 5 heteroatoms. The van der Waals surface area contributed by atoms with Gasteiger partial charge in [-0.2, -0.15) is 14.6 Å². The summed E-state index contributed by atoms with van der Waals surface area (Å²) in [6.45, 7) is 2.36. The van der Waals surface area contributed by atoms with E-state index in [1.54, 1.807) is 6.33 Å². The Kier molecular flexibility index (Phi) is 3.28. The molecule has 0 unspecified atom stereocenters. The van der Waals surface area contributed by atoms with Crippen molar-refractivity contribution in [1.82, 2.24) is 19.6 Å². The molecule has 1 N–H and O–H groups in total. The number of fused-ring (bicyclic) bond motifs is 2. The maximum atomic E-state index is 4.70. The Hall–Kier alpha value is -1.65. The number of rotatable bonds is 2. The van der Waals surface area contributed by atoms with Crippen LogP contribution in [-0.4, -0.2) is 25.6 Å². The Morgan fingerprint density at radius 1 is 1.14 bits per heavy atom. The maximum absolute atomic E-state index is 4.70. The molecule has 1 saturated carbocycles. The van der Waals surface area contributed by atoms with Crippen molar-refractivity contribution in [1.29, 1.82) is 0 Å². The zero-order valence-electron chi connectivity index (χ0n) is 12.7. The van der Waals surface area contributed by atoms with Crippen LogP contribution < -0.4 is 5.32 Å². The first-order valence-electron chi connectivity index (χ1n) is 8.31. The lowest BCUT2D eigenvalue weighted by Gasteiger charge is -2.31. The molecular weight excluding hydrogens is 262 g/mol. The van der Waals surface area contributed by atoms with Gasteiger partial charge in [-0.15, -0.1) is 0 Å². The fraction of sp³-hybridized carbons (Fsp3) is 0.688. The van der Waals surface area contributed by atoms with E-state index in [2.05, 4.69) is 22.3 Å². The third kappa shape index (κ3) is 2.28. The summed E-state index contributed by atoms with van der Waals surface area (Å²) in [5.74, 6) is 2.62. The summed E-state index contributed by atoms with van der Waals surface area (Å²) in [4.78, 5) is 9.00. The Labute approximate surface area is 125 Å². The van der Waals surface area contributed by atoms with Gasteiger partial charge in [0.05, 0.1) is 5.69 Å². The number of aryl methyl sites for hydroxylation is 1. The van der Waals surface area contributed by atoms with Crippen LogP contribution in [0.2, 0.25) is 0 Å². The number of hydrogen-bond acceptors (Lipinski definition) is 4. The van der Waals surface area contributed by atoms with Crippen molar-refractivity contribution in [2.75, 3.05) is 5.32 Å². The van der Waals surface area contributed by atoms with Crippen LogP contribution >= 0.6 is 0 Å². The fourth-order valence-corrected chi connectivity index (χ4v) is 3.84. The molecule has 0 bridgehead atoms. The van der Waals surface area contributed by atoms with Gasteiger partial charge in [-0.1, -0.05) is 19.8 Å². The van der Waals surface area contributed by atoms with Crippen LogP contribution in [0.15, 0.2) is 6.33 Å². The molecule has 112 valence electrons. The highest BCUT2D eigenvalue weighted by Gasteiger charge is 2.25. The number of aromatic nitrogens is 4. The van der Waals surface area contributed by atoms with Crippen molar-refractivity contribution in [2.24, 2.45) is 5.92 Å². The molecule has 2 aliphatic rings. The second-order valence-electron chi connectivity index (χ2n) is 6.58. The van der Waals surface area contributed by atoms with Crippen molar-refractivity contribution >= 4 is 11.6 Å². The number of nitrogens with zero attached hydrogens (tertiary/aromatic N) is 4. The van der Waals surface area contributed by atoms with E-state index in [1.165, 1.54) is 49.8 Å². The molecule has 0 aromatic carbocycles. The van der Waals surface area contributed by atoms with Gasteiger partial charge in [-0.25, -0.2) is 4.98 Å². The van der Waals surface area contributed by atoms with Crippen LogP contribution in [0.1, 0.15) is 56.7 Å². The third-order valence-corrected chi connectivity index (χ3v) is 5.13. The van der Waals surface area contributed by atoms with Crippen LogP contribution in [0.4, 0.5) is 5.82 Å². The predicted octanol–water partition coefficient (Wildman–Crippen LogP) is 2.99. The molecule has 2 aromatic rings. The van der Waals surface area contributed by atoms with E-state index in [4.69, 9.17) is 4.98 Å². The molecule has 0 spiro atoms. The van der Waals surface area contributed by atoms with Gasteiger partial charge in [0.2, 0.25) is 0 Å². The van der Waals surface area contributed by atoms with Crippen molar-refractivity contribution in [3.63, 3.8) is 0 Å². The van der Waals surface area contributed by atoms with E-state index in [-0.39, 0.29) is 0 Å². The highest BCUT2D eigenvalue weighted by molar-refractivity contribution is 5.54. The van der Waals surface area contributed by atoms with Crippen LogP contribution in [-0.2, 0) is 12.8 Å². The summed E-state index contributed by atoms with van der Waals surface area (Å²) >= 11 is 0. The standard InChI is InChI=1S/C16H23N5/c1-11-6-2-4-8-13(11)19-15-12-7-3-5-9-14(12)20-16-17-10-18-21(15)16/h10-11,13,19H,2-9H2,1H3/t11-,13-/m1/s1. The molecule has 4 rings (SSSR count). The number of anilines is 1. The van der Waals surface area contributed by atoms with E-state index in [1.807, 2.05) is 4.52 Å². The summed E-state index contributed by atoms with van der Waals surface area (Å²) < 4.78 is 1.91. The van der Waals surface area contributed by atoms with Crippen LogP contribution in [0, 0.1) is 5.92 Å². The second kappa shape index (κ2) is 5.28. The van der Waals surface area contributed by atoms with Gasteiger partial charge in [0.1, 0.15) is 12.1 Å². The summed E-state index contributed by atoms with van der Waals surface area (Å²) in [6, 6.07) is 0.555. The van der Waals surface area contributed by atoms with E-state index in [9.17, 15) is 0 Å². The molecule has 0 amide bonds. The van der Waals surface area contributed by atoms with Gasteiger partial charge in [-0.3, -0.25) is 0 Å². The highest BCUT2D eigenvalue weighted by Crippen LogP contribution is 2.31. The van der Waals surface area contributed by atoms with E-state index >= 15 is 0 Å². The van der Waals surface area contributed by atoms with Gasteiger partial charge in [0.15, 0.2) is 0 Å². The monoisotopic (exact) mass is 285 g/mol. The number of hydrogen-bond donors (Lipinski definition) is 1. The van der Waals surface area contributed by atoms with E-state index in [0.29, 0.717) is 6.04 Å². The first kappa shape index (κ1) is 13.0. The van der Waals surface area contributed by atoms with Crippen molar-refractivity contribution in [3.05, 3.63) is 17.6 Å². The van der Waals surface area contributed by atoms with Crippen molar-refractivity contribution in [3.8, 4) is 0 Å². The highest BCUT2D eigenvalue weighted by atomic mass is 15.4. The van der Waals surface area contributed by atoms with Crippen LogP contribution in [0.5, 0.6) is 0 Å². The van der Waals surface area contributed by atoms with Crippen LogP contribution in [0.25, 0.3) is 5.78 Å². The lowest BCUT2D eigenvalue weighted by atomic mass is 9.85. The van der Waals surface area contributed by atoms with Crippen molar-refractivity contribution in [2.45, 2.75) is 64.3 Å². The minimum atomic E-state index is 0.555. The fourth-order valence-electron chi connectivity index (χ4n) is 3.84. The molecule has 0 saturated heterocycles. The number of nitrogens with one attached hydrogen (secondary N) is 1. The molecule has 2 heterocycles. The molecule has 5 nitrogen and oxygen atoms in total. The molecule has 2 atom stereocenters. The summed E-state index contributed by atoms with van der Waals surface area (Å²) in [5.41, 5.74) is 2.60. The minimum absolute atomic E-state index is 0.555. The van der Waals surface area contributed by atoms with Crippen LogP contribution in [0.3, 0.4) is 0 Å². The van der Waals surface area contributed by atoms with Crippen molar-refractivity contribution < 1.29 is 0 Å². The Bertz CT molecular complexity index is 647. The predicted molar refractivity (Wildman–Crippen MR) is 82.5 cm³/mol. The van der Waals surface area contributed by atoms with Gasteiger partial charge in [0.25, 0.3) is 5.78 Å². The normalized spacial score (nSPS) is 25.8. The molecule has 1 fully saturated rings. The first-order chi connectivity index (χ1) is 10.3. The minimum Gasteiger partial charge on any atom is -0.367 e. The first-order valence-corrected chi connectivity index (χ1v) is 8.31. The molecule has 2 aromatic heterocycles. The molecular formula is C16H23N5.